The van der Waals surface area contributed by atoms with E-state index in [-0.39, 0.29) is 6.61 Å². The Bertz CT molecular complexity index is 674. The third-order valence-corrected chi connectivity index (χ3v) is 2.55. The third kappa shape index (κ3) is 3.16. The van der Waals surface area contributed by atoms with Crippen molar-refractivity contribution < 1.29 is 36.2 Å². The van der Waals surface area contributed by atoms with Crippen LogP contribution in [0.15, 0.2) is 30.3 Å². The average molecular weight is 318 g/mol. The fourth-order valence-corrected chi connectivity index (χ4v) is 1.50. The molecule has 0 unspecified atom stereocenters. The molecule has 0 saturated carbocycles. The van der Waals surface area contributed by atoms with Gasteiger partial charge in [0.25, 0.3) is 0 Å². The first kappa shape index (κ1) is 15.7. The van der Waals surface area contributed by atoms with Crippen molar-refractivity contribution in [2.24, 2.45) is 0 Å². The van der Waals surface area contributed by atoms with Crippen molar-refractivity contribution in [2.45, 2.75) is 6.61 Å². The Morgan fingerprint density at radius 3 is 1.86 bits per heavy atom. The molecule has 0 saturated heterocycles. The maximum absolute atomic E-state index is 13.3. The van der Waals surface area contributed by atoms with Gasteiger partial charge < -0.3 is 9.47 Å². The van der Waals surface area contributed by atoms with E-state index in [1.807, 2.05) is 0 Å². The molecule has 8 heteroatoms. The van der Waals surface area contributed by atoms with Crippen LogP contribution in [-0.4, -0.2) is 6.16 Å². The van der Waals surface area contributed by atoms with Gasteiger partial charge in [-0.25, -0.2) is 18.0 Å². The zero-order valence-electron chi connectivity index (χ0n) is 10.7. The summed E-state index contributed by atoms with van der Waals surface area (Å²) in [5.41, 5.74) is 0.539. The molecule has 116 valence electrons. The first-order valence-electron chi connectivity index (χ1n) is 5.81. The third-order valence-electron chi connectivity index (χ3n) is 2.55. The van der Waals surface area contributed by atoms with Crippen LogP contribution in [0.5, 0.6) is 5.75 Å². The van der Waals surface area contributed by atoms with Crippen LogP contribution >= 0.6 is 0 Å². The molecule has 22 heavy (non-hydrogen) atoms. The second-order valence-electron chi connectivity index (χ2n) is 4.03. The van der Waals surface area contributed by atoms with E-state index in [0.29, 0.717) is 5.56 Å². The number of halogens is 5. The summed E-state index contributed by atoms with van der Waals surface area (Å²) in [6.45, 7) is -0.297. The highest BCUT2D eigenvalue weighted by molar-refractivity contribution is 5.64. The molecular weight excluding hydrogens is 311 g/mol. The van der Waals surface area contributed by atoms with Gasteiger partial charge in [-0.1, -0.05) is 30.3 Å². The topological polar surface area (TPSA) is 35.5 Å². The number of hydrogen-bond acceptors (Lipinski definition) is 3. The highest BCUT2D eigenvalue weighted by atomic mass is 19.2. The molecule has 0 atom stereocenters. The monoisotopic (exact) mass is 318 g/mol. The lowest BCUT2D eigenvalue weighted by molar-refractivity contribution is 0.0887. The second kappa shape index (κ2) is 6.42. The summed E-state index contributed by atoms with van der Waals surface area (Å²) < 4.78 is 73.7. The van der Waals surface area contributed by atoms with E-state index < -0.39 is 41.0 Å². The Morgan fingerprint density at radius 1 is 0.818 bits per heavy atom. The van der Waals surface area contributed by atoms with Gasteiger partial charge in [0.15, 0.2) is 0 Å². The quantitative estimate of drug-likeness (QED) is 0.281. The van der Waals surface area contributed by atoms with Crippen molar-refractivity contribution in [3.63, 3.8) is 0 Å². The van der Waals surface area contributed by atoms with Gasteiger partial charge in [0, 0.05) is 0 Å². The maximum atomic E-state index is 13.3. The van der Waals surface area contributed by atoms with E-state index >= 15 is 0 Å². The summed E-state index contributed by atoms with van der Waals surface area (Å²) in [5.74, 6) is -13.0. The van der Waals surface area contributed by atoms with Crippen molar-refractivity contribution in [3.05, 3.63) is 65.0 Å². The van der Waals surface area contributed by atoms with Crippen molar-refractivity contribution in [1.29, 1.82) is 0 Å². The minimum Gasteiger partial charge on any atom is -0.429 e. The first-order valence-corrected chi connectivity index (χ1v) is 5.81. The summed E-state index contributed by atoms with van der Waals surface area (Å²) in [6, 6.07) is 8.18. The molecule has 2 rings (SSSR count). The number of ether oxygens (including phenoxy) is 2. The van der Waals surface area contributed by atoms with E-state index in [1.54, 1.807) is 30.3 Å². The Balaban J connectivity index is 2.12. The molecule has 0 bridgehead atoms. The number of rotatable bonds is 3. The van der Waals surface area contributed by atoms with Gasteiger partial charge in [0.1, 0.15) is 6.61 Å². The Labute approximate surface area is 120 Å². The molecule has 0 aliphatic rings. The van der Waals surface area contributed by atoms with Gasteiger partial charge in [0.2, 0.25) is 34.8 Å². The Hall–Kier alpha value is -2.64. The highest BCUT2D eigenvalue weighted by Gasteiger charge is 2.28. The van der Waals surface area contributed by atoms with Crippen molar-refractivity contribution >= 4 is 6.16 Å². The van der Waals surface area contributed by atoms with Gasteiger partial charge in [-0.15, -0.1) is 0 Å². The van der Waals surface area contributed by atoms with E-state index in [1.165, 1.54) is 0 Å². The van der Waals surface area contributed by atoms with Crippen LogP contribution in [0.2, 0.25) is 0 Å². The molecule has 0 radical (unpaired) electrons. The van der Waals surface area contributed by atoms with Gasteiger partial charge in [0.05, 0.1) is 0 Å². The van der Waals surface area contributed by atoms with Gasteiger partial charge in [-0.3, -0.25) is 0 Å². The zero-order chi connectivity index (χ0) is 16.3. The van der Waals surface area contributed by atoms with Crippen LogP contribution in [0.25, 0.3) is 0 Å². The molecule has 0 aromatic heterocycles. The van der Waals surface area contributed by atoms with Crippen molar-refractivity contribution in [3.8, 4) is 5.75 Å². The SMILES string of the molecule is O=C(OCc1ccccc1)Oc1c(F)c(F)c(F)c(F)c1F. The lowest BCUT2D eigenvalue weighted by atomic mass is 10.2. The van der Waals surface area contributed by atoms with E-state index in [0.717, 1.165) is 0 Å². The molecule has 3 nitrogen and oxygen atoms in total. The number of carbonyl (C=O) groups is 1. The summed E-state index contributed by atoms with van der Waals surface area (Å²) in [4.78, 5) is 11.3. The fraction of sp³-hybridized carbons (Fsp3) is 0.0714. The summed E-state index contributed by atoms with van der Waals surface area (Å²) in [6.07, 6.45) is -1.60. The van der Waals surface area contributed by atoms with Crippen LogP contribution in [0.3, 0.4) is 0 Å². The van der Waals surface area contributed by atoms with E-state index in [4.69, 9.17) is 0 Å². The van der Waals surface area contributed by atoms with Crippen LogP contribution in [0.1, 0.15) is 5.56 Å². The molecule has 0 heterocycles. The lowest BCUT2D eigenvalue weighted by Gasteiger charge is -2.09. The standard InChI is InChI=1S/C14H7F5O3/c15-8-9(16)11(18)13(12(19)10(8)17)22-14(20)21-6-7-4-2-1-3-5-7/h1-5H,6H2. The number of hydrogen-bond donors (Lipinski definition) is 0. The molecule has 0 spiro atoms. The van der Waals surface area contributed by atoms with Crippen LogP contribution in [-0.2, 0) is 11.3 Å². The molecule has 0 N–H and O–H groups in total. The normalized spacial score (nSPS) is 10.4. The minimum atomic E-state index is -2.35. The summed E-state index contributed by atoms with van der Waals surface area (Å²) in [7, 11) is 0. The van der Waals surface area contributed by atoms with Crippen LogP contribution in [0, 0.1) is 29.1 Å². The van der Waals surface area contributed by atoms with E-state index in [9.17, 15) is 26.7 Å². The Morgan fingerprint density at radius 2 is 1.32 bits per heavy atom. The minimum absolute atomic E-state index is 0.297. The fourth-order valence-electron chi connectivity index (χ4n) is 1.50. The molecule has 0 aliphatic heterocycles. The first-order chi connectivity index (χ1) is 10.4. The molecule has 0 amide bonds. The molecule has 0 aliphatic carbocycles. The smallest absolute Gasteiger partial charge is 0.429 e. The summed E-state index contributed by atoms with van der Waals surface area (Å²) in [5, 5.41) is 0. The predicted molar refractivity (Wildman–Crippen MR) is 63.5 cm³/mol. The largest absolute Gasteiger partial charge is 0.514 e. The predicted octanol–water partition coefficient (Wildman–Crippen LogP) is 4.10. The molecular formula is C14H7F5O3. The van der Waals surface area contributed by atoms with E-state index in [2.05, 4.69) is 9.47 Å². The summed E-state index contributed by atoms with van der Waals surface area (Å²) >= 11 is 0. The van der Waals surface area contributed by atoms with Crippen LogP contribution in [0.4, 0.5) is 26.7 Å². The zero-order valence-corrected chi connectivity index (χ0v) is 10.7. The van der Waals surface area contributed by atoms with Gasteiger partial charge >= 0.3 is 6.16 Å². The number of benzene rings is 2. The second-order valence-corrected chi connectivity index (χ2v) is 4.03. The highest BCUT2D eigenvalue weighted by Crippen LogP contribution is 2.29. The van der Waals surface area contributed by atoms with Gasteiger partial charge in [-0.05, 0) is 5.56 Å². The Kier molecular flexibility index (Phi) is 4.59. The molecule has 2 aromatic carbocycles. The maximum Gasteiger partial charge on any atom is 0.514 e. The lowest BCUT2D eigenvalue weighted by Crippen LogP contribution is -2.14. The average Bonchev–Trinajstić information content (AvgIpc) is 2.54. The van der Waals surface area contributed by atoms with Gasteiger partial charge in [-0.2, -0.15) is 8.78 Å². The van der Waals surface area contributed by atoms with Crippen LogP contribution < -0.4 is 4.74 Å². The molecule has 0 fully saturated rings. The van der Waals surface area contributed by atoms with Crippen molar-refractivity contribution in [1.82, 2.24) is 0 Å². The van der Waals surface area contributed by atoms with Crippen molar-refractivity contribution in [2.75, 3.05) is 0 Å². The number of carbonyl (C=O) groups excluding carboxylic acids is 1. The molecule has 2 aromatic rings.